The topological polar surface area (TPSA) is 81.8 Å². The molecule has 2 N–H and O–H groups in total. The highest BCUT2D eigenvalue weighted by Gasteiger charge is 2.35. The monoisotopic (exact) mass is 346 g/mol. The molecule has 0 aromatic heterocycles. The Kier molecular flexibility index (Phi) is 7.26. The minimum absolute atomic E-state index is 0.123. The van der Waals surface area contributed by atoms with E-state index in [0.29, 0.717) is 25.9 Å². The second-order valence-corrected chi connectivity index (χ2v) is 8.36. The van der Waals surface area contributed by atoms with Crippen LogP contribution in [0.3, 0.4) is 0 Å². The second kappa shape index (κ2) is 8.96. The maximum absolute atomic E-state index is 12.5. The fourth-order valence-corrected chi connectivity index (χ4v) is 5.01. The first kappa shape index (κ1) is 18.6. The summed E-state index contributed by atoms with van der Waals surface area (Å²) in [6.07, 6.45) is 2.96. The quantitative estimate of drug-likeness (QED) is 0.656. The molecule has 2 rings (SSSR count). The molecule has 1 atom stereocenters. The van der Waals surface area contributed by atoms with E-state index in [1.807, 2.05) is 6.92 Å². The number of nitrogens with one attached hydrogen (secondary N) is 2. The number of hydrogen-bond acceptors (Lipinski definition) is 5. The Labute approximate surface area is 139 Å². The van der Waals surface area contributed by atoms with Crippen LogP contribution in [0.25, 0.3) is 0 Å². The predicted molar refractivity (Wildman–Crippen MR) is 90.7 cm³/mol. The molecule has 2 aliphatic rings. The molecule has 2 fully saturated rings. The molecule has 0 aromatic carbocycles. The number of carbonyl (C=O) groups is 1. The Bertz CT molecular complexity index is 477. The van der Waals surface area contributed by atoms with Gasteiger partial charge in [-0.05, 0) is 19.3 Å². The van der Waals surface area contributed by atoms with Crippen LogP contribution in [-0.4, -0.2) is 81.1 Å². The smallest absolute Gasteiger partial charge is 0.238 e. The van der Waals surface area contributed by atoms with Gasteiger partial charge < -0.3 is 10.6 Å². The maximum atomic E-state index is 12.5. The van der Waals surface area contributed by atoms with Crippen molar-refractivity contribution >= 4 is 15.9 Å². The van der Waals surface area contributed by atoms with Crippen LogP contribution in [0, 0.1) is 0 Å². The second-order valence-electron chi connectivity index (χ2n) is 6.32. The SMILES string of the molecule is CCCS(=O)(=O)N1CCCCC1C(=O)NCCN1CCNCC1. The van der Waals surface area contributed by atoms with Gasteiger partial charge in [0.05, 0.1) is 5.75 Å². The Morgan fingerprint density at radius 2 is 1.96 bits per heavy atom. The van der Waals surface area contributed by atoms with E-state index in [9.17, 15) is 13.2 Å². The van der Waals surface area contributed by atoms with E-state index in [-0.39, 0.29) is 11.7 Å². The van der Waals surface area contributed by atoms with Crippen LogP contribution in [-0.2, 0) is 14.8 Å². The van der Waals surface area contributed by atoms with Gasteiger partial charge in [-0.25, -0.2) is 8.42 Å². The molecule has 1 unspecified atom stereocenters. The van der Waals surface area contributed by atoms with Gasteiger partial charge in [0, 0.05) is 45.8 Å². The highest BCUT2D eigenvalue weighted by atomic mass is 32.2. The minimum atomic E-state index is -3.32. The molecule has 1 amide bonds. The third kappa shape index (κ3) is 5.41. The summed E-state index contributed by atoms with van der Waals surface area (Å²) >= 11 is 0. The predicted octanol–water partition coefficient (Wildman–Crippen LogP) is -0.398. The van der Waals surface area contributed by atoms with Crippen molar-refractivity contribution in [3.05, 3.63) is 0 Å². The summed E-state index contributed by atoms with van der Waals surface area (Å²) in [5.41, 5.74) is 0. The fourth-order valence-electron chi connectivity index (χ4n) is 3.26. The van der Waals surface area contributed by atoms with Gasteiger partial charge >= 0.3 is 0 Å². The number of rotatable bonds is 7. The van der Waals surface area contributed by atoms with E-state index < -0.39 is 16.1 Å². The van der Waals surface area contributed by atoms with Gasteiger partial charge in [-0.2, -0.15) is 4.31 Å². The Morgan fingerprint density at radius 3 is 2.65 bits per heavy atom. The van der Waals surface area contributed by atoms with Gasteiger partial charge in [-0.15, -0.1) is 0 Å². The molecule has 2 saturated heterocycles. The number of piperidine rings is 1. The van der Waals surface area contributed by atoms with Crippen molar-refractivity contribution in [3.63, 3.8) is 0 Å². The average Bonchev–Trinajstić information content (AvgIpc) is 2.56. The van der Waals surface area contributed by atoms with Crippen molar-refractivity contribution < 1.29 is 13.2 Å². The van der Waals surface area contributed by atoms with Crippen molar-refractivity contribution in [1.29, 1.82) is 0 Å². The Morgan fingerprint density at radius 1 is 1.22 bits per heavy atom. The van der Waals surface area contributed by atoms with Gasteiger partial charge in [0.2, 0.25) is 15.9 Å². The van der Waals surface area contributed by atoms with Gasteiger partial charge in [-0.1, -0.05) is 13.3 Å². The van der Waals surface area contributed by atoms with Crippen LogP contribution in [0.1, 0.15) is 32.6 Å². The standard InChI is InChI=1S/C15H30N4O3S/c1-2-13-23(21,22)19-9-4-3-5-14(19)15(20)17-8-12-18-10-6-16-7-11-18/h14,16H,2-13H2,1H3,(H,17,20). The van der Waals surface area contributed by atoms with Crippen molar-refractivity contribution in [1.82, 2.24) is 19.8 Å². The summed E-state index contributed by atoms with van der Waals surface area (Å²) in [6, 6.07) is -0.525. The first-order valence-electron chi connectivity index (χ1n) is 8.75. The molecular formula is C15H30N4O3S. The molecule has 23 heavy (non-hydrogen) atoms. The normalized spacial score (nSPS) is 24.5. The minimum Gasteiger partial charge on any atom is -0.353 e. The number of nitrogens with zero attached hydrogens (tertiary/aromatic N) is 2. The summed E-state index contributed by atoms with van der Waals surface area (Å²) in [5.74, 6) is -0.0168. The van der Waals surface area contributed by atoms with Crippen LogP contribution in [0.15, 0.2) is 0 Å². The van der Waals surface area contributed by atoms with Crippen LogP contribution in [0.2, 0.25) is 0 Å². The zero-order valence-corrected chi connectivity index (χ0v) is 14.9. The van der Waals surface area contributed by atoms with Crippen molar-refractivity contribution in [2.24, 2.45) is 0 Å². The lowest BCUT2D eigenvalue weighted by molar-refractivity contribution is -0.125. The summed E-state index contributed by atoms with van der Waals surface area (Å²) in [4.78, 5) is 14.8. The molecule has 0 saturated carbocycles. The molecule has 8 heteroatoms. The van der Waals surface area contributed by atoms with E-state index in [1.54, 1.807) is 0 Å². The van der Waals surface area contributed by atoms with E-state index in [1.165, 1.54) is 4.31 Å². The molecule has 0 bridgehead atoms. The number of hydrogen-bond donors (Lipinski definition) is 2. The molecule has 134 valence electrons. The number of piperazine rings is 1. The first-order valence-corrected chi connectivity index (χ1v) is 10.4. The van der Waals surface area contributed by atoms with E-state index >= 15 is 0 Å². The van der Waals surface area contributed by atoms with Gasteiger partial charge in [-0.3, -0.25) is 9.69 Å². The van der Waals surface area contributed by atoms with E-state index in [4.69, 9.17) is 0 Å². The van der Waals surface area contributed by atoms with E-state index in [0.717, 1.165) is 45.6 Å². The highest BCUT2D eigenvalue weighted by Crippen LogP contribution is 2.21. The molecule has 0 radical (unpaired) electrons. The molecule has 0 aromatic rings. The summed E-state index contributed by atoms with van der Waals surface area (Å²) in [6.45, 7) is 7.69. The molecular weight excluding hydrogens is 316 g/mol. The third-order valence-electron chi connectivity index (χ3n) is 4.51. The lowest BCUT2D eigenvalue weighted by atomic mass is 10.0. The van der Waals surface area contributed by atoms with Gasteiger partial charge in [0.1, 0.15) is 6.04 Å². The molecule has 0 aliphatic carbocycles. The van der Waals surface area contributed by atoms with Gasteiger partial charge in [0.25, 0.3) is 0 Å². The van der Waals surface area contributed by atoms with Gasteiger partial charge in [0.15, 0.2) is 0 Å². The van der Waals surface area contributed by atoms with Crippen molar-refractivity contribution in [2.45, 2.75) is 38.6 Å². The van der Waals surface area contributed by atoms with Crippen LogP contribution >= 0.6 is 0 Å². The maximum Gasteiger partial charge on any atom is 0.238 e. The van der Waals surface area contributed by atoms with Crippen LogP contribution < -0.4 is 10.6 Å². The average molecular weight is 346 g/mol. The first-order chi connectivity index (χ1) is 11.0. The largest absolute Gasteiger partial charge is 0.353 e. The fraction of sp³-hybridized carbons (Fsp3) is 0.933. The Balaban J connectivity index is 1.85. The molecule has 7 nitrogen and oxygen atoms in total. The lowest BCUT2D eigenvalue weighted by Crippen LogP contribution is -2.53. The zero-order valence-electron chi connectivity index (χ0n) is 14.1. The zero-order chi connectivity index (χ0) is 16.7. The van der Waals surface area contributed by atoms with Crippen molar-refractivity contribution in [2.75, 3.05) is 51.6 Å². The van der Waals surface area contributed by atoms with Crippen molar-refractivity contribution in [3.8, 4) is 0 Å². The highest BCUT2D eigenvalue weighted by molar-refractivity contribution is 7.89. The Hall–Kier alpha value is -0.700. The summed E-state index contributed by atoms with van der Waals surface area (Å²) < 4.78 is 26.1. The van der Waals surface area contributed by atoms with Crippen LogP contribution in [0.4, 0.5) is 0 Å². The summed E-state index contributed by atoms with van der Waals surface area (Å²) in [7, 11) is -3.32. The molecule has 2 aliphatic heterocycles. The van der Waals surface area contributed by atoms with E-state index in [2.05, 4.69) is 15.5 Å². The number of amides is 1. The van der Waals surface area contributed by atoms with Crippen LogP contribution in [0.5, 0.6) is 0 Å². The molecule has 2 heterocycles. The third-order valence-corrected chi connectivity index (χ3v) is 6.59. The number of carbonyl (C=O) groups excluding carboxylic acids is 1. The molecule has 0 spiro atoms. The lowest BCUT2D eigenvalue weighted by Gasteiger charge is -2.34. The summed E-state index contributed by atoms with van der Waals surface area (Å²) in [5, 5.41) is 6.23. The number of sulfonamides is 1.